The third-order valence-electron chi connectivity index (χ3n) is 3.86. The average molecular weight is 312 g/mol. The number of methoxy groups -OCH3 is 1. The summed E-state index contributed by atoms with van der Waals surface area (Å²) < 4.78 is 17.0. The highest BCUT2D eigenvalue weighted by Crippen LogP contribution is 2.39. The number of rotatable bonds is 4. The molecule has 2 aromatic carbocycles. The first-order valence-corrected chi connectivity index (χ1v) is 7.59. The molecule has 0 N–H and O–H groups in total. The van der Waals surface area contributed by atoms with Crippen molar-refractivity contribution in [3.8, 4) is 5.75 Å². The molecule has 2 atom stereocenters. The molecule has 1 heterocycles. The first-order chi connectivity index (χ1) is 11.0. The number of hydrogen-bond acceptors (Lipinski definition) is 4. The molecule has 0 unspecified atom stereocenters. The fourth-order valence-electron chi connectivity index (χ4n) is 2.76. The smallest absolute Gasteiger partial charge is 0.194 e. The maximum absolute atomic E-state index is 12.9. The van der Waals surface area contributed by atoms with Crippen LogP contribution in [0.5, 0.6) is 5.75 Å². The second-order valence-corrected chi connectivity index (χ2v) is 5.98. The summed E-state index contributed by atoms with van der Waals surface area (Å²) in [5.74, 6) is -0.176. The van der Waals surface area contributed by atoms with Crippen LogP contribution in [0.25, 0.3) is 0 Å². The molecule has 0 spiro atoms. The summed E-state index contributed by atoms with van der Waals surface area (Å²) in [5, 5.41) is 0. The standard InChI is InChI=1S/C19H20O4/c1-19(2)22-17(14-7-5-4-6-8-14)18(23-19)16(20)13-9-11-15(21-3)12-10-13/h4-12,17-18H,1-3H3/t17-,18-/m0/s1. The van der Waals surface area contributed by atoms with E-state index in [2.05, 4.69) is 0 Å². The Morgan fingerprint density at radius 2 is 1.65 bits per heavy atom. The molecule has 1 aliphatic rings. The Kier molecular flexibility index (Phi) is 4.20. The summed E-state index contributed by atoms with van der Waals surface area (Å²) in [4.78, 5) is 12.9. The van der Waals surface area contributed by atoms with Crippen LogP contribution in [-0.4, -0.2) is 24.8 Å². The normalized spacial score (nSPS) is 22.7. The van der Waals surface area contributed by atoms with Gasteiger partial charge in [-0.25, -0.2) is 0 Å². The zero-order chi connectivity index (χ0) is 16.4. The Morgan fingerprint density at radius 3 is 2.26 bits per heavy atom. The van der Waals surface area contributed by atoms with Gasteiger partial charge in [0.1, 0.15) is 11.9 Å². The highest BCUT2D eigenvalue weighted by Gasteiger charge is 2.45. The van der Waals surface area contributed by atoms with E-state index in [1.807, 2.05) is 44.2 Å². The Bertz CT molecular complexity index is 676. The van der Waals surface area contributed by atoms with Crippen LogP contribution in [0.4, 0.5) is 0 Å². The molecule has 1 aliphatic heterocycles. The molecule has 0 saturated carbocycles. The Morgan fingerprint density at radius 1 is 1.00 bits per heavy atom. The van der Waals surface area contributed by atoms with E-state index >= 15 is 0 Å². The van der Waals surface area contributed by atoms with Crippen LogP contribution in [0.3, 0.4) is 0 Å². The third kappa shape index (κ3) is 3.28. The second-order valence-electron chi connectivity index (χ2n) is 5.98. The van der Waals surface area contributed by atoms with E-state index < -0.39 is 18.0 Å². The van der Waals surface area contributed by atoms with E-state index in [9.17, 15) is 4.79 Å². The molecule has 0 bridgehead atoms. The Labute approximate surface area is 136 Å². The maximum Gasteiger partial charge on any atom is 0.194 e. The summed E-state index contributed by atoms with van der Waals surface area (Å²) in [6, 6.07) is 16.7. The molecule has 2 aromatic rings. The van der Waals surface area contributed by atoms with Crippen LogP contribution < -0.4 is 4.74 Å². The van der Waals surface area contributed by atoms with Gasteiger partial charge in [0.2, 0.25) is 0 Å². The predicted molar refractivity (Wildman–Crippen MR) is 86.5 cm³/mol. The van der Waals surface area contributed by atoms with Crippen LogP contribution in [0.15, 0.2) is 54.6 Å². The van der Waals surface area contributed by atoms with Gasteiger partial charge in [-0.15, -0.1) is 0 Å². The van der Waals surface area contributed by atoms with Gasteiger partial charge in [-0.3, -0.25) is 4.79 Å². The van der Waals surface area contributed by atoms with Crippen LogP contribution in [0.2, 0.25) is 0 Å². The lowest BCUT2D eigenvalue weighted by atomic mass is 9.97. The van der Waals surface area contributed by atoms with Gasteiger partial charge in [0.25, 0.3) is 0 Å². The van der Waals surface area contributed by atoms with E-state index in [4.69, 9.17) is 14.2 Å². The largest absolute Gasteiger partial charge is 0.497 e. The van der Waals surface area contributed by atoms with Gasteiger partial charge in [0.15, 0.2) is 17.7 Å². The van der Waals surface area contributed by atoms with Gasteiger partial charge in [-0.2, -0.15) is 0 Å². The lowest BCUT2D eigenvalue weighted by Gasteiger charge is -2.16. The minimum Gasteiger partial charge on any atom is -0.497 e. The van der Waals surface area contributed by atoms with Crippen molar-refractivity contribution in [1.29, 1.82) is 0 Å². The molecule has 23 heavy (non-hydrogen) atoms. The molecular formula is C19H20O4. The average Bonchev–Trinajstić information content (AvgIpc) is 2.91. The molecule has 120 valence electrons. The van der Waals surface area contributed by atoms with Gasteiger partial charge in [-0.05, 0) is 43.7 Å². The molecule has 1 fully saturated rings. The number of carbonyl (C=O) groups is 1. The fourth-order valence-corrected chi connectivity index (χ4v) is 2.76. The fraction of sp³-hybridized carbons (Fsp3) is 0.316. The van der Waals surface area contributed by atoms with Crippen molar-refractivity contribution in [2.24, 2.45) is 0 Å². The highest BCUT2D eigenvalue weighted by atomic mass is 16.8. The first kappa shape index (κ1) is 15.7. The second kappa shape index (κ2) is 6.14. The Hall–Kier alpha value is -2.17. The number of hydrogen-bond donors (Lipinski definition) is 0. The van der Waals surface area contributed by atoms with Gasteiger partial charge >= 0.3 is 0 Å². The summed E-state index contributed by atoms with van der Waals surface area (Å²) in [5.41, 5.74) is 1.52. The molecule has 1 saturated heterocycles. The van der Waals surface area contributed by atoms with Gasteiger partial charge in [-0.1, -0.05) is 30.3 Å². The van der Waals surface area contributed by atoms with Crippen LogP contribution in [0.1, 0.15) is 35.9 Å². The number of benzene rings is 2. The molecule has 4 nitrogen and oxygen atoms in total. The maximum atomic E-state index is 12.9. The summed E-state index contributed by atoms with van der Waals surface area (Å²) in [6.07, 6.45) is -1.08. The monoisotopic (exact) mass is 312 g/mol. The van der Waals surface area contributed by atoms with Gasteiger partial charge in [0.05, 0.1) is 7.11 Å². The lowest BCUT2D eigenvalue weighted by molar-refractivity contribution is -0.143. The quantitative estimate of drug-likeness (QED) is 0.806. The van der Waals surface area contributed by atoms with Crippen molar-refractivity contribution in [3.63, 3.8) is 0 Å². The summed E-state index contributed by atoms with van der Waals surface area (Å²) in [7, 11) is 1.60. The van der Waals surface area contributed by atoms with Crippen LogP contribution in [-0.2, 0) is 9.47 Å². The molecule has 0 radical (unpaired) electrons. The van der Waals surface area contributed by atoms with E-state index in [0.29, 0.717) is 11.3 Å². The molecule has 0 aliphatic carbocycles. The van der Waals surface area contributed by atoms with E-state index in [1.54, 1.807) is 31.4 Å². The molecular weight excluding hydrogens is 292 g/mol. The number of Topliss-reactive ketones (excluding diaryl/α,β-unsaturated/α-hetero) is 1. The first-order valence-electron chi connectivity index (χ1n) is 7.59. The van der Waals surface area contributed by atoms with Crippen molar-refractivity contribution < 1.29 is 19.0 Å². The van der Waals surface area contributed by atoms with Crippen molar-refractivity contribution >= 4 is 5.78 Å². The molecule has 3 rings (SSSR count). The SMILES string of the molecule is COc1ccc(C(=O)[C@@H]2OC(C)(C)O[C@H]2c2ccccc2)cc1. The zero-order valence-corrected chi connectivity index (χ0v) is 13.5. The van der Waals surface area contributed by atoms with E-state index in [0.717, 1.165) is 5.56 Å². The highest BCUT2D eigenvalue weighted by molar-refractivity contribution is 6.00. The Balaban J connectivity index is 1.90. The van der Waals surface area contributed by atoms with Crippen molar-refractivity contribution in [3.05, 3.63) is 65.7 Å². The van der Waals surface area contributed by atoms with Gasteiger partial charge < -0.3 is 14.2 Å². The topological polar surface area (TPSA) is 44.8 Å². The van der Waals surface area contributed by atoms with E-state index in [1.165, 1.54) is 0 Å². The molecule has 4 heteroatoms. The van der Waals surface area contributed by atoms with E-state index in [-0.39, 0.29) is 5.78 Å². The van der Waals surface area contributed by atoms with Crippen molar-refractivity contribution in [2.45, 2.75) is 31.8 Å². The van der Waals surface area contributed by atoms with Crippen LogP contribution >= 0.6 is 0 Å². The van der Waals surface area contributed by atoms with Crippen molar-refractivity contribution in [1.82, 2.24) is 0 Å². The number of carbonyl (C=O) groups excluding carboxylic acids is 1. The predicted octanol–water partition coefficient (Wildman–Crippen LogP) is 3.77. The molecule has 0 aromatic heterocycles. The lowest BCUT2D eigenvalue weighted by Crippen LogP contribution is -2.28. The third-order valence-corrected chi connectivity index (χ3v) is 3.86. The zero-order valence-electron chi connectivity index (χ0n) is 13.5. The summed E-state index contributed by atoms with van der Waals surface area (Å²) in [6.45, 7) is 3.65. The van der Waals surface area contributed by atoms with Gasteiger partial charge in [0, 0.05) is 5.56 Å². The number of ketones is 1. The summed E-state index contributed by atoms with van der Waals surface area (Å²) >= 11 is 0. The van der Waals surface area contributed by atoms with Crippen LogP contribution in [0, 0.1) is 0 Å². The number of ether oxygens (including phenoxy) is 3. The molecule has 0 amide bonds. The van der Waals surface area contributed by atoms with Crippen molar-refractivity contribution in [2.75, 3.05) is 7.11 Å². The minimum absolute atomic E-state index is 0.0907. The minimum atomic E-state index is -0.798.